The first-order valence-electron chi connectivity index (χ1n) is 2.54. The smallest absolute Gasteiger partial charge is 0.335 e. The molecule has 0 aliphatic heterocycles. The van der Waals surface area contributed by atoms with E-state index in [2.05, 4.69) is 15.6 Å². The maximum absolute atomic E-state index is 8.47. The van der Waals surface area contributed by atoms with Crippen LogP contribution in [0, 0.1) is 4.91 Å². The second-order valence-electron chi connectivity index (χ2n) is 1.46. The van der Waals surface area contributed by atoms with Crippen molar-refractivity contribution in [3.05, 3.63) is 11.2 Å². The van der Waals surface area contributed by atoms with E-state index < -0.39 is 5.09 Å². The summed E-state index contributed by atoms with van der Waals surface area (Å²) in [7, 11) is 0. The van der Waals surface area contributed by atoms with Crippen LogP contribution in [-0.2, 0) is 0 Å². The van der Waals surface area contributed by atoms with E-state index in [1.807, 2.05) is 0 Å². The number of nitrogens with two attached hydrogens (primary N) is 2. The van der Waals surface area contributed by atoms with Gasteiger partial charge in [-0.05, 0) is 0 Å². The van der Waals surface area contributed by atoms with Crippen molar-refractivity contribution in [2.75, 3.05) is 11.3 Å². The molecule has 10 nitrogen and oxygen atoms in total. The Morgan fingerprint density at radius 1 is 1.67 bits per heavy atom. The third-order valence-corrected chi connectivity index (χ3v) is 0.702. The Kier molecular flexibility index (Phi) is 3.86. The Morgan fingerprint density at radius 2 is 2.17 bits per heavy atom. The highest BCUT2D eigenvalue weighted by Gasteiger charge is 1.92. The van der Waals surface area contributed by atoms with Crippen LogP contribution in [0.25, 0.3) is 0 Å². The molecule has 0 saturated carbocycles. The van der Waals surface area contributed by atoms with E-state index >= 15 is 0 Å². The van der Waals surface area contributed by atoms with Crippen molar-refractivity contribution in [1.82, 2.24) is 14.9 Å². The van der Waals surface area contributed by atoms with E-state index in [4.69, 9.17) is 27.0 Å². The molecule has 0 saturated heterocycles. The lowest BCUT2D eigenvalue weighted by Crippen LogP contribution is -2.17. The van der Waals surface area contributed by atoms with Gasteiger partial charge >= 0.3 is 5.09 Å². The van der Waals surface area contributed by atoms with Gasteiger partial charge in [-0.25, -0.2) is 20.9 Å². The molecule has 0 spiro atoms. The molecule has 7 N–H and O–H groups in total. The lowest BCUT2D eigenvalue weighted by atomic mass is 11.1. The average Bonchev–Trinajstić information content (AvgIpc) is 2.33. The zero-order chi connectivity index (χ0) is 9.56. The highest BCUT2D eigenvalue weighted by Crippen LogP contribution is 1.89. The molecule has 1 heterocycles. The predicted octanol–water partition coefficient (Wildman–Crippen LogP) is -2.18. The Balaban J connectivity index is 0.000000261. The maximum Gasteiger partial charge on any atom is 0.472 e. The molecule has 0 aromatic carbocycles. The van der Waals surface area contributed by atoms with E-state index in [0.717, 1.165) is 0 Å². The summed E-state index contributed by atoms with van der Waals surface area (Å²) in [6.45, 7) is 0. The van der Waals surface area contributed by atoms with Crippen LogP contribution in [0.15, 0.2) is 6.33 Å². The fraction of sp³-hybridized carbons (Fsp3) is 0. The van der Waals surface area contributed by atoms with Gasteiger partial charge in [-0.15, -0.1) is 10.2 Å². The normalized spacial score (nSPS) is 8.08. The fourth-order valence-electron chi connectivity index (χ4n) is 0.346. The first-order valence-corrected chi connectivity index (χ1v) is 2.54. The van der Waals surface area contributed by atoms with Crippen molar-refractivity contribution in [2.45, 2.75) is 0 Å². The predicted molar refractivity (Wildman–Crippen MR) is 35.2 cm³/mol. The first kappa shape index (κ1) is 9.90. The number of nitrogen functional groups attached to an aromatic ring is 2. The van der Waals surface area contributed by atoms with E-state index in [1.54, 1.807) is 0 Å². The zero-order valence-corrected chi connectivity index (χ0v) is 5.82. The van der Waals surface area contributed by atoms with Gasteiger partial charge < -0.3 is 5.84 Å². The Labute approximate surface area is 65.8 Å². The van der Waals surface area contributed by atoms with Gasteiger partial charge in [-0.1, -0.05) is 0 Å². The molecule has 0 aliphatic rings. The molecule has 1 aromatic rings. The van der Waals surface area contributed by atoms with Gasteiger partial charge in [0.05, 0.1) is 0 Å². The van der Waals surface area contributed by atoms with Crippen LogP contribution in [0.3, 0.4) is 0 Å². The summed E-state index contributed by atoms with van der Waals surface area (Å²) in [4.78, 5) is 8.47. The summed E-state index contributed by atoms with van der Waals surface area (Å²) in [5.41, 5.74) is 2.24. The Bertz CT molecular complexity index is 241. The summed E-state index contributed by atoms with van der Waals surface area (Å²) in [5.74, 6) is 10.5. The quantitative estimate of drug-likeness (QED) is 0.240. The molecule has 1 rings (SSSR count). The lowest BCUT2D eigenvalue weighted by molar-refractivity contribution is -0.969. The van der Waals surface area contributed by atoms with Crippen LogP contribution in [0.1, 0.15) is 0 Å². The number of nitrogens with one attached hydrogen (secondary N) is 1. The van der Waals surface area contributed by atoms with E-state index in [9.17, 15) is 0 Å². The summed E-state index contributed by atoms with van der Waals surface area (Å²) >= 11 is 0. The molecular formula is C2H8N7O3+. The second kappa shape index (κ2) is 4.68. The second-order valence-corrected chi connectivity index (χ2v) is 1.46. The minimum atomic E-state index is -1.25. The number of aromatic nitrogens is 3. The molecule has 12 heavy (non-hydrogen) atoms. The molecule has 0 fully saturated rings. The average molecular weight is 178 g/mol. The van der Waals surface area contributed by atoms with Crippen LogP contribution < -0.4 is 17.1 Å². The highest BCUT2D eigenvalue weighted by atomic mass is 16.9. The molecule has 10 heteroatoms. The van der Waals surface area contributed by atoms with Crippen LogP contribution in [0.5, 0.6) is 0 Å². The van der Waals surface area contributed by atoms with Crippen molar-refractivity contribution >= 4 is 5.95 Å². The molecule has 0 amide bonds. The molecule has 0 atom stereocenters. The van der Waals surface area contributed by atoms with Crippen LogP contribution >= 0.6 is 0 Å². The molecule has 0 unspecified atom stereocenters. The summed E-state index contributed by atoms with van der Waals surface area (Å²) in [6, 6.07) is 0. The van der Waals surface area contributed by atoms with Crippen LogP contribution in [0.2, 0.25) is 0 Å². The Morgan fingerprint density at radius 3 is 2.33 bits per heavy atom. The summed E-state index contributed by atoms with van der Waals surface area (Å²) in [5, 5.41) is 19.5. The number of nitrogens with zero attached hydrogens (tertiary/aromatic N) is 4. The standard InChI is InChI=1S/C2H6N6.H2NO3/c3-6-2-7-5-1-8(2)4;2-1(3)4/h1H,3-4H2,(H,6,7);(H2,2,3,4)/q;+1. The van der Waals surface area contributed by atoms with E-state index in [1.165, 1.54) is 11.0 Å². The first-order chi connectivity index (χ1) is 5.57. The van der Waals surface area contributed by atoms with Gasteiger partial charge in [-0.2, -0.15) is 0 Å². The van der Waals surface area contributed by atoms with E-state index in [-0.39, 0.29) is 0 Å². The molecular weight excluding hydrogens is 170 g/mol. The third kappa shape index (κ3) is 3.84. The van der Waals surface area contributed by atoms with Gasteiger partial charge in [0.15, 0.2) is 0 Å². The Hall–Kier alpha value is -2.10. The summed E-state index contributed by atoms with van der Waals surface area (Å²) < 4.78 is 1.18. The molecule has 68 valence electrons. The molecule has 1 aromatic heterocycles. The van der Waals surface area contributed by atoms with Crippen molar-refractivity contribution in [3.63, 3.8) is 0 Å². The number of hydrogen-bond donors (Lipinski definition) is 5. The highest BCUT2D eigenvalue weighted by molar-refractivity contribution is 5.19. The molecule has 0 bridgehead atoms. The zero-order valence-electron chi connectivity index (χ0n) is 5.82. The monoisotopic (exact) mass is 178 g/mol. The van der Waals surface area contributed by atoms with Gasteiger partial charge in [0.2, 0.25) is 0 Å². The largest absolute Gasteiger partial charge is 0.472 e. The minimum Gasteiger partial charge on any atom is -0.335 e. The van der Waals surface area contributed by atoms with Crippen molar-refractivity contribution in [2.24, 2.45) is 5.84 Å². The summed E-state index contributed by atoms with van der Waals surface area (Å²) in [6.07, 6.45) is 1.34. The number of rotatable bonds is 1. The lowest BCUT2D eigenvalue weighted by Gasteiger charge is -1.93. The van der Waals surface area contributed by atoms with Crippen molar-refractivity contribution < 1.29 is 15.5 Å². The van der Waals surface area contributed by atoms with Crippen LogP contribution in [-0.4, -0.2) is 30.4 Å². The van der Waals surface area contributed by atoms with E-state index in [0.29, 0.717) is 5.95 Å². The molecule has 0 radical (unpaired) electrons. The van der Waals surface area contributed by atoms with Gasteiger partial charge in [-0.3, -0.25) is 5.43 Å². The topological polar surface area (TPSA) is 155 Å². The number of hydrazine groups is 1. The van der Waals surface area contributed by atoms with Crippen molar-refractivity contribution in [1.29, 1.82) is 0 Å². The minimum absolute atomic E-state index is 0.338. The maximum atomic E-state index is 8.47. The number of hydrogen-bond acceptors (Lipinski definition) is 6. The number of anilines is 1. The van der Waals surface area contributed by atoms with Crippen LogP contribution in [0.4, 0.5) is 5.95 Å². The molecule has 0 aliphatic carbocycles. The fourth-order valence-corrected chi connectivity index (χ4v) is 0.346. The third-order valence-electron chi connectivity index (χ3n) is 0.702. The van der Waals surface area contributed by atoms with Gasteiger partial charge in [0.1, 0.15) is 11.2 Å². The SMILES string of the molecule is NNc1nncn1N.O=[N+](O)O. The van der Waals surface area contributed by atoms with Gasteiger partial charge in [0, 0.05) is 0 Å². The van der Waals surface area contributed by atoms with Crippen molar-refractivity contribution in [3.8, 4) is 0 Å². The van der Waals surface area contributed by atoms with Gasteiger partial charge in [0.25, 0.3) is 5.95 Å².